The fourth-order valence-electron chi connectivity index (χ4n) is 1.33. The molecule has 0 radical (unpaired) electrons. The third-order valence-electron chi connectivity index (χ3n) is 2.39. The number of non-ortho nitro benzene ring substituents is 1. The van der Waals surface area contributed by atoms with Gasteiger partial charge >= 0.3 is 0 Å². The van der Waals surface area contributed by atoms with E-state index in [2.05, 4.69) is 26.2 Å². The molecule has 6 heteroatoms. The molecule has 1 aromatic rings. The molecule has 0 aliphatic rings. The molecule has 1 aromatic carbocycles. The van der Waals surface area contributed by atoms with Gasteiger partial charge in [0.05, 0.1) is 23.3 Å². The van der Waals surface area contributed by atoms with Crippen LogP contribution in [0.25, 0.3) is 0 Å². The second-order valence-electron chi connectivity index (χ2n) is 5.28. The lowest BCUT2D eigenvalue weighted by Gasteiger charge is -2.18. The maximum atomic E-state index is 10.7. The number of nitrogens with one attached hydrogen (secondary N) is 1. The van der Waals surface area contributed by atoms with Crippen molar-refractivity contribution in [1.82, 2.24) is 0 Å². The first-order valence-electron chi connectivity index (χ1n) is 5.71. The first-order valence-corrected chi connectivity index (χ1v) is 5.71. The highest BCUT2D eigenvalue weighted by atomic mass is 16.6. The smallest absolute Gasteiger partial charge is 0.275 e. The van der Waals surface area contributed by atoms with Gasteiger partial charge in [-0.25, -0.2) is 0 Å². The van der Waals surface area contributed by atoms with Gasteiger partial charge in [0.15, 0.2) is 0 Å². The molecule has 3 N–H and O–H groups in total. The van der Waals surface area contributed by atoms with E-state index in [1.807, 2.05) is 0 Å². The minimum Gasteiger partial charge on any atom is -0.493 e. The number of benzene rings is 1. The van der Waals surface area contributed by atoms with Crippen molar-refractivity contribution in [2.75, 3.05) is 12.0 Å². The molecule has 0 bridgehead atoms. The van der Waals surface area contributed by atoms with E-state index in [1.54, 1.807) is 6.07 Å². The first kappa shape index (κ1) is 14.2. The van der Waals surface area contributed by atoms with Crippen LogP contribution in [0.3, 0.4) is 0 Å². The van der Waals surface area contributed by atoms with Crippen LogP contribution in [0.2, 0.25) is 0 Å². The van der Waals surface area contributed by atoms with E-state index in [9.17, 15) is 10.1 Å². The summed E-state index contributed by atoms with van der Waals surface area (Å²) in [6, 6.07) is 4.38. The molecule has 0 amide bonds. The summed E-state index contributed by atoms with van der Waals surface area (Å²) >= 11 is 0. The van der Waals surface area contributed by atoms with Crippen molar-refractivity contribution >= 4 is 11.4 Å². The molecule has 100 valence electrons. The first-order chi connectivity index (χ1) is 8.31. The van der Waals surface area contributed by atoms with Gasteiger partial charge in [0.1, 0.15) is 5.75 Å². The highest BCUT2D eigenvalue weighted by Crippen LogP contribution is 2.26. The Morgan fingerprint density at radius 1 is 1.39 bits per heavy atom. The molecule has 0 saturated heterocycles. The molecule has 0 atom stereocenters. The van der Waals surface area contributed by atoms with Crippen molar-refractivity contribution in [1.29, 1.82) is 0 Å². The van der Waals surface area contributed by atoms with Crippen LogP contribution in [0, 0.1) is 15.5 Å². The van der Waals surface area contributed by atoms with Crippen LogP contribution in [0.1, 0.15) is 27.2 Å². The van der Waals surface area contributed by atoms with Gasteiger partial charge in [0.25, 0.3) is 5.69 Å². The molecule has 0 aliphatic carbocycles. The third kappa shape index (κ3) is 4.58. The quantitative estimate of drug-likeness (QED) is 0.478. The molecule has 0 saturated carbocycles. The van der Waals surface area contributed by atoms with Crippen LogP contribution in [-0.2, 0) is 0 Å². The molecular weight excluding hydrogens is 234 g/mol. The van der Waals surface area contributed by atoms with Gasteiger partial charge in [-0.1, -0.05) is 20.8 Å². The summed E-state index contributed by atoms with van der Waals surface area (Å²) in [6.07, 6.45) is 0.862. The molecule has 18 heavy (non-hydrogen) atoms. The van der Waals surface area contributed by atoms with Gasteiger partial charge in [-0.05, 0) is 11.8 Å². The number of nitrogens with two attached hydrogens (primary N) is 1. The number of rotatable bonds is 5. The van der Waals surface area contributed by atoms with Crippen molar-refractivity contribution in [2.24, 2.45) is 11.3 Å². The molecular formula is C12H19N3O3. The predicted octanol–water partition coefficient (Wildman–Crippen LogP) is 2.70. The van der Waals surface area contributed by atoms with E-state index in [1.165, 1.54) is 12.1 Å². The Kier molecular flexibility index (Phi) is 4.49. The van der Waals surface area contributed by atoms with Crippen LogP contribution in [0.15, 0.2) is 18.2 Å². The molecule has 0 heterocycles. The Balaban J connectivity index is 2.76. The lowest BCUT2D eigenvalue weighted by Crippen LogP contribution is -2.12. The van der Waals surface area contributed by atoms with E-state index >= 15 is 0 Å². The topological polar surface area (TPSA) is 90.4 Å². The zero-order chi connectivity index (χ0) is 13.8. The van der Waals surface area contributed by atoms with E-state index in [0.29, 0.717) is 18.0 Å². The van der Waals surface area contributed by atoms with Gasteiger partial charge in [-0.3, -0.25) is 16.0 Å². The number of nitrogens with zero attached hydrogens (tertiary/aromatic N) is 1. The average molecular weight is 253 g/mol. The Hall–Kier alpha value is -1.82. The second kappa shape index (κ2) is 5.68. The van der Waals surface area contributed by atoms with E-state index in [-0.39, 0.29) is 11.1 Å². The summed E-state index contributed by atoms with van der Waals surface area (Å²) in [5.74, 6) is 5.70. The van der Waals surface area contributed by atoms with Gasteiger partial charge in [-0.2, -0.15) is 0 Å². The molecule has 0 fully saturated rings. The molecule has 6 nitrogen and oxygen atoms in total. The highest BCUT2D eigenvalue weighted by molar-refractivity contribution is 5.55. The zero-order valence-corrected chi connectivity index (χ0v) is 10.9. The highest BCUT2D eigenvalue weighted by Gasteiger charge is 2.12. The Morgan fingerprint density at radius 2 is 2.06 bits per heavy atom. The zero-order valence-electron chi connectivity index (χ0n) is 10.9. The maximum absolute atomic E-state index is 10.7. The summed E-state index contributed by atoms with van der Waals surface area (Å²) in [6.45, 7) is 6.83. The second-order valence-corrected chi connectivity index (χ2v) is 5.28. The number of nitrogen functional groups attached to an aromatic ring is 1. The van der Waals surface area contributed by atoms with Crippen molar-refractivity contribution in [3.63, 3.8) is 0 Å². The largest absolute Gasteiger partial charge is 0.493 e. The molecule has 0 unspecified atom stereocenters. The lowest BCUT2D eigenvalue weighted by atomic mass is 9.93. The predicted molar refractivity (Wildman–Crippen MR) is 70.5 cm³/mol. The maximum Gasteiger partial charge on any atom is 0.275 e. The van der Waals surface area contributed by atoms with E-state index in [0.717, 1.165) is 6.42 Å². The van der Waals surface area contributed by atoms with Crippen molar-refractivity contribution in [2.45, 2.75) is 27.2 Å². The monoisotopic (exact) mass is 253 g/mol. The minimum absolute atomic E-state index is 0.0452. The van der Waals surface area contributed by atoms with Crippen LogP contribution in [0.5, 0.6) is 5.75 Å². The van der Waals surface area contributed by atoms with Crippen molar-refractivity contribution in [3.05, 3.63) is 28.3 Å². The third-order valence-corrected chi connectivity index (χ3v) is 2.39. The van der Waals surface area contributed by atoms with Gasteiger partial charge in [0.2, 0.25) is 0 Å². The standard InChI is InChI=1S/C12H19N3O3/c1-12(2,3)4-5-18-11-7-9(14-13)6-10(8-11)15(16)17/h6-8,14H,4-5,13H2,1-3H3. The Labute approximate surface area is 106 Å². The normalized spacial score (nSPS) is 11.1. The fourth-order valence-corrected chi connectivity index (χ4v) is 1.33. The lowest BCUT2D eigenvalue weighted by molar-refractivity contribution is -0.384. The molecule has 1 rings (SSSR count). The average Bonchev–Trinajstić information content (AvgIpc) is 2.26. The van der Waals surface area contributed by atoms with Crippen molar-refractivity contribution < 1.29 is 9.66 Å². The van der Waals surface area contributed by atoms with Crippen LogP contribution >= 0.6 is 0 Å². The van der Waals surface area contributed by atoms with E-state index < -0.39 is 4.92 Å². The van der Waals surface area contributed by atoms with Gasteiger partial charge in [0, 0.05) is 12.1 Å². The van der Waals surface area contributed by atoms with Crippen LogP contribution in [-0.4, -0.2) is 11.5 Å². The van der Waals surface area contributed by atoms with Crippen molar-refractivity contribution in [3.8, 4) is 5.75 Å². The Morgan fingerprint density at radius 3 is 2.56 bits per heavy atom. The van der Waals surface area contributed by atoms with Gasteiger partial charge in [-0.15, -0.1) is 0 Å². The van der Waals surface area contributed by atoms with Crippen LogP contribution < -0.4 is 16.0 Å². The fraction of sp³-hybridized carbons (Fsp3) is 0.500. The number of nitro benzene ring substituents is 1. The molecule has 0 spiro atoms. The number of anilines is 1. The van der Waals surface area contributed by atoms with Crippen LogP contribution in [0.4, 0.5) is 11.4 Å². The number of hydrogen-bond acceptors (Lipinski definition) is 5. The number of hydrogen-bond donors (Lipinski definition) is 2. The summed E-state index contributed by atoms with van der Waals surface area (Å²) in [5, 5.41) is 10.7. The SMILES string of the molecule is CC(C)(C)CCOc1cc(NN)cc([N+](=O)[O-])c1. The van der Waals surface area contributed by atoms with Gasteiger partial charge < -0.3 is 10.2 Å². The molecule has 0 aromatic heterocycles. The number of ether oxygens (including phenoxy) is 1. The number of nitro groups is 1. The minimum atomic E-state index is -0.475. The summed E-state index contributed by atoms with van der Waals surface area (Å²) in [4.78, 5) is 10.3. The summed E-state index contributed by atoms with van der Waals surface area (Å²) in [7, 11) is 0. The number of hydrazine groups is 1. The molecule has 0 aliphatic heterocycles. The summed E-state index contributed by atoms with van der Waals surface area (Å²) in [5.41, 5.74) is 2.96. The van der Waals surface area contributed by atoms with E-state index in [4.69, 9.17) is 10.6 Å². The summed E-state index contributed by atoms with van der Waals surface area (Å²) < 4.78 is 5.52. The Bertz CT molecular complexity index is 427.